The monoisotopic (exact) mass is 430 g/mol. The third kappa shape index (κ3) is 11.2. The minimum Gasteiger partial charge on any atom is -0.222 e. The van der Waals surface area contributed by atoms with Gasteiger partial charge in [-0.2, -0.15) is 0 Å². The molecule has 32 heavy (non-hydrogen) atoms. The maximum Gasteiger partial charge on any atom is 0.231 e. The van der Waals surface area contributed by atoms with Crippen molar-refractivity contribution in [2.45, 2.75) is 13.8 Å². The van der Waals surface area contributed by atoms with Crippen molar-refractivity contribution in [1.29, 1.82) is 21.6 Å². The number of hydrogen-bond acceptors (Lipinski definition) is 8. The van der Waals surface area contributed by atoms with Crippen LogP contribution in [-0.2, 0) is 19.2 Å². The van der Waals surface area contributed by atoms with Gasteiger partial charge in [0.05, 0.1) is 0 Å². The SMILES string of the molecule is Cc1cccc2c1-c1ccccc1-2.Cc1ccccc1.N=C=O.N=C=O.N=C=O.N=C=O. The highest BCUT2D eigenvalue weighted by atomic mass is 16.1. The summed E-state index contributed by atoms with van der Waals surface area (Å²) in [4.78, 5) is 33.4. The van der Waals surface area contributed by atoms with Crippen LogP contribution in [-0.4, -0.2) is 24.3 Å². The van der Waals surface area contributed by atoms with Gasteiger partial charge in [0.15, 0.2) is 0 Å². The Balaban J connectivity index is 0. The summed E-state index contributed by atoms with van der Waals surface area (Å²) in [5.41, 5.74) is 8.38. The van der Waals surface area contributed by atoms with Gasteiger partial charge in [0.25, 0.3) is 0 Å². The molecule has 0 amide bonds. The van der Waals surface area contributed by atoms with Gasteiger partial charge in [0.1, 0.15) is 0 Å². The molecular weight excluding hydrogens is 408 g/mol. The minimum atomic E-state index is 0.750. The first-order chi connectivity index (χ1) is 15.4. The van der Waals surface area contributed by atoms with Crippen molar-refractivity contribution in [3.63, 3.8) is 0 Å². The molecule has 3 aromatic carbocycles. The summed E-state index contributed by atoms with van der Waals surface area (Å²) < 4.78 is 0. The molecule has 162 valence electrons. The zero-order chi connectivity index (χ0) is 24.8. The summed E-state index contributed by atoms with van der Waals surface area (Å²) in [5.74, 6) is 0. The molecule has 0 saturated heterocycles. The van der Waals surface area contributed by atoms with E-state index in [1.165, 1.54) is 33.4 Å². The molecule has 8 nitrogen and oxygen atoms in total. The lowest BCUT2D eigenvalue weighted by molar-refractivity contribution is 0.562. The van der Waals surface area contributed by atoms with Crippen molar-refractivity contribution in [2.24, 2.45) is 0 Å². The van der Waals surface area contributed by atoms with Crippen LogP contribution < -0.4 is 0 Å². The van der Waals surface area contributed by atoms with E-state index in [1.54, 1.807) is 0 Å². The van der Waals surface area contributed by atoms with Crippen molar-refractivity contribution < 1.29 is 19.2 Å². The van der Waals surface area contributed by atoms with Crippen LogP contribution in [0.5, 0.6) is 0 Å². The minimum absolute atomic E-state index is 0.750. The number of fused-ring (bicyclic) bond motifs is 4. The zero-order valence-corrected chi connectivity index (χ0v) is 17.6. The first-order valence-corrected chi connectivity index (χ1v) is 8.80. The largest absolute Gasteiger partial charge is 0.231 e. The highest BCUT2D eigenvalue weighted by Gasteiger charge is 2.22. The quantitative estimate of drug-likeness (QED) is 0.221. The number of hydrogen-bond donors (Lipinski definition) is 4. The van der Waals surface area contributed by atoms with E-state index in [0.29, 0.717) is 0 Å². The van der Waals surface area contributed by atoms with Gasteiger partial charge in [-0.1, -0.05) is 78.4 Å². The number of nitrogens with one attached hydrogen (secondary N) is 4. The van der Waals surface area contributed by atoms with Gasteiger partial charge in [-0.25, -0.2) is 40.8 Å². The third-order valence-corrected chi connectivity index (χ3v) is 3.70. The number of carbonyl (C=O) groups excluding carboxylic acids is 4. The Labute approximate surface area is 185 Å². The van der Waals surface area contributed by atoms with Crippen LogP contribution in [0, 0.1) is 35.5 Å². The summed E-state index contributed by atoms with van der Waals surface area (Å²) >= 11 is 0. The lowest BCUT2D eigenvalue weighted by atomic mass is 9.78. The van der Waals surface area contributed by atoms with Crippen LogP contribution in [0.2, 0.25) is 0 Å². The lowest BCUT2D eigenvalue weighted by Gasteiger charge is -2.25. The molecule has 1 aliphatic carbocycles. The highest BCUT2D eigenvalue weighted by Crippen LogP contribution is 2.48. The van der Waals surface area contributed by atoms with E-state index in [4.69, 9.17) is 40.8 Å². The van der Waals surface area contributed by atoms with Crippen molar-refractivity contribution >= 4 is 24.3 Å². The van der Waals surface area contributed by atoms with Crippen molar-refractivity contribution in [2.75, 3.05) is 0 Å². The topological polar surface area (TPSA) is 164 Å². The number of rotatable bonds is 0. The van der Waals surface area contributed by atoms with Gasteiger partial charge in [-0.05, 0) is 41.7 Å². The molecule has 1 aliphatic rings. The smallest absolute Gasteiger partial charge is 0.222 e. The molecule has 0 bridgehead atoms. The second-order valence-electron chi connectivity index (χ2n) is 5.61. The molecule has 0 unspecified atom stereocenters. The molecule has 0 aliphatic heterocycles. The van der Waals surface area contributed by atoms with Crippen molar-refractivity contribution in [3.05, 3.63) is 83.9 Å². The lowest BCUT2D eigenvalue weighted by Crippen LogP contribution is -1.99. The van der Waals surface area contributed by atoms with E-state index in [1.807, 2.05) is 18.2 Å². The predicted octanol–water partition coefficient (Wildman–Crippen LogP) is 5.24. The van der Waals surface area contributed by atoms with Crippen molar-refractivity contribution in [3.8, 4) is 22.3 Å². The normalized spacial score (nSPS) is 7.56. The van der Waals surface area contributed by atoms with Gasteiger partial charge >= 0.3 is 0 Å². The van der Waals surface area contributed by atoms with E-state index in [0.717, 1.165) is 24.3 Å². The summed E-state index contributed by atoms with van der Waals surface area (Å²) in [7, 11) is 0. The van der Waals surface area contributed by atoms with Gasteiger partial charge in [-0.15, -0.1) is 0 Å². The average Bonchev–Trinajstić information content (AvgIpc) is 2.75. The number of benzene rings is 3. The Morgan fingerprint density at radius 3 is 1.28 bits per heavy atom. The van der Waals surface area contributed by atoms with Crippen LogP contribution in [0.3, 0.4) is 0 Å². The van der Waals surface area contributed by atoms with Gasteiger partial charge in [0.2, 0.25) is 24.3 Å². The highest BCUT2D eigenvalue weighted by molar-refractivity contribution is 6.03. The Morgan fingerprint density at radius 1 is 0.500 bits per heavy atom. The van der Waals surface area contributed by atoms with E-state index >= 15 is 0 Å². The van der Waals surface area contributed by atoms with Gasteiger partial charge in [-0.3, -0.25) is 0 Å². The molecule has 4 N–H and O–H groups in total. The molecular formula is C24H22N4O4. The van der Waals surface area contributed by atoms with Crippen LogP contribution in [0.15, 0.2) is 72.8 Å². The summed E-state index contributed by atoms with van der Waals surface area (Å²) in [6, 6.07) is 25.4. The zero-order valence-electron chi connectivity index (χ0n) is 17.6. The molecule has 4 rings (SSSR count). The predicted molar refractivity (Wildman–Crippen MR) is 120 cm³/mol. The first kappa shape index (κ1) is 29.4. The molecule has 0 heterocycles. The first-order valence-electron chi connectivity index (χ1n) is 8.80. The maximum atomic E-state index is 8.35. The molecule has 0 atom stereocenters. The molecule has 0 spiro atoms. The standard InChI is InChI=1S/C13H10.C7H8.4CHNO/c1-9-5-4-8-12-10-6-2-3-7-11(10)13(9)12;1-7-5-3-2-4-6-7;4*2-1-3/h2-8H,1H3;2-6H,1H3;4*2H. The fourth-order valence-electron chi connectivity index (χ4n) is 2.66. The summed E-state index contributed by atoms with van der Waals surface area (Å²) in [6.07, 6.45) is 3.00. The average molecular weight is 430 g/mol. The van der Waals surface area contributed by atoms with Crippen LogP contribution >= 0.6 is 0 Å². The number of isocyanates is 4. The van der Waals surface area contributed by atoms with Gasteiger partial charge < -0.3 is 0 Å². The summed E-state index contributed by atoms with van der Waals surface area (Å²) in [6.45, 7) is 4.26. The van der Waals surface area contributed by atoms with E-state index < -0.39 is 0 Å². The van der Waals surface area contributed by atoms with Gasteiger partial charge in [0, 0.05) is 0 Å². The molecule has 8 heteroatoms. The van der Waals surface area contributed by atoms with E-state index in [-0.39, 0.29) is 0 Å². The second kappa shape index (κ2) is 19.5. The molecule has 0 radical (unpaired) electrons. The molecule has 0 fully saturated rings. The second-order valence-corrected chi connectivity index (χ2v) is 5.61. The Morgan fingerprint density at radius 2 is 0.875 bits per heavy atom. The molecule has 0 aromatic heterocycles. The van der Waals surface area contributed by atoms with Crippen molar-refractivity contribution in [1.82, 2.24) is 0 Å². The Kier molecular flexibility index (Phi) is 17.9. The van der Waals surface area contributed by atoms with Crippen LogP contribution in [0.4, 0.5) is 0 Å². The fourth-order valence-corrected chi connectivity index (χ4v) is 2.66. The Hall–Kier alpha value is -4.82. The van der Waals surface area contributed by atoms with E-state index in [2.05, 4.69) is 68.4 Å². The number of aryl methyl sites for hydroxylation is 2. The van der Waals surface area contributed by atoms with Crippen LogP contribution in [0.1, 0.15) is 11.1 Å². The molecule has 0 saturated carbocycles. The fraction of sp³-hybridized carbons (Fsp3) is 0.0833. The molecule has 3 aromatic rings. The third-order valence-electron chi connectivity index (χ3n) is 3.70. The summed E-state index contributed by atoms with van der Waals surface area (Å²) in [5, 5.41) is 21.6. The maximum absolute atomic E-state index is 8.35. The Bertz CT molecular complexity index is 1040. The van der Waals surface area contributed by atoms with E-state index in [9.17, 15) is 0 Å². The van der Waals surface area contributed by atoms with Crippen LogP contribution in [0.25, 0.3) is 22.3 Å².